The Kier molecular flexibility index (Phi) is 4.93. The molecule has 7 nitrogen and oxygen atoms in total. The van der Waals surface area contributed by atoms with Crippen molar-refractivity contribution in [2.24, 2.45) is 0 Å². The molecule has 0 spiro atoms. The number of carbonyl (C=O) groups is 1. The smallest absolute Gasteiger partial charge is 0.277 e. The van der Waals surface area contributed by atoms with Gasteiger partial charge in [-0.2, -0.15) is 5.10 Å². The van der Waals surface area contributed by atoms with Crippen LogP contribution in [0.2, 0.25) is 10.0 Å². The van der Waals surface area contributed by atoms with Crippen molar-refractivity contribution in [2.75, 3.05) is 5.32 Å². The maximum Gasteiger partial charge on any atom is 0.277 e. The van der Waals surface area contributed by atoms with Gasteiger partial charge in [0.25, 0.3) is 5.91 Å². The Hall–Kier alpha value is -3.03. The largest absolute Gasteiger partial charge is 0.461 e. The summed E-state index contributed by atoms with van der Waals surface area (Å²) >= 11 is 12.0. The molecule has 0 aliphatic carbocycles. The van der Waals surface area contributed by atoms with E-state index in [0.29, 0.717) is 39.5 Å². The number of nitrogens with zero attached hydrogens (tertiary/aromatic N) is 3. The molecule has 1 N–H and O–H groups in total. The van der Waals surface area contributed by atoms with Crippen LogP contribution in [0.4, 0.5) is 5.69 Å². The van der Waals surface area contributed by atoms with Crippen LogP contribution in [0.25, 0.3) is 11.5 Å². The lowest BCUT2D eigenvalue weighted by molar-refractivity contribution is 0.101. The lowest BCUT2D eigenvalue weighted by atomic mass is 10.2. The molecule has 4 rings (SSSR count). The van der Waals surface area contributed by atoms with Gasteiger partial charge in [-0.1, -0.05) is 34.4 Å². The first-order valence-corrected chi connectivity index (χ1v) is 9.05. The molecule has 3 aromatic heterocycles. The third-order valence-electron chi connectivity index (χ3n) is 4.03. The van der Waals surface area contributed by atoms with E-state index in [2.05, 4.69) is 15.6 Å². The number of hydrogen-bond donors (Lipinski definition) is 1. The number of aromatic nitrogens is 3. The highest BCUT2D eigenvalue weighted by Crippen LogP contribution is 2.24. The number of anilines is 1. The van der Waals surface area contributed by atoms with Crippen LogP contribution >= 0.6 is 23.2 Å². The molecule has 0 saturated heterocycles. The molecular weight excluding hydrogens is 403 g/mol. The van der Waals surface area contributed by atoms with Crippen LogP contribution in [0.15, 0.2) is 57.8 Å². The van der Waals surface area contributed by atoms with E-state index in [9.17, 15) is 4.79 Å². The number of amides is 1. The first-order valence-electron chi connectivity index (χ1n) is 8.29. The average molecular weight is 417 g/mol. The minimum Gasteiger partial charge on any atom is -0.461 e. The highest BCUT2D eigenvalue weighted by Gasteiger charge is 2.17. The zero-order valence-electron chi connectivity index (χ0n) is 14.6. The van der Waals surface area contributed by atoms with Gasteiger partial charge >= 0.3 is 0 Å². The summed E-state index contributed by atoms with van der Waals surface area (Å²) in [5, 5.41) is 12.0. The second kappa shape index (κ2) is 7.53. The minimum atomic E-state index is -0.404. The summed E-state index contributed by atoms with van der Waals surface area (Å²) in [6.45, 7) is 2.29. The molecule has 0 radical (unpaired) electrons. The highest BCUT2D eigenvalue weighted by molar-refractivity contribution is 6.42. The van der Waals surface area contributed by atoms with Crippen molar-refractivity contribution < 1.29 is 13.7 Å². The molecule has 28 heavy (non-hydrogen) atoms. The Labute approximate surface area is 169 Å². The Balaban J connectivity index is 1.48. The van der Waals surface area contributed by atoms with Crippen LogP contribution in [0, 0.1) is 6.92 Å². The predicted molar refractivity (Wildman–Crippen MR) is 105 cm³/mol. The van der Waals surface area contributed by atoms with Crippen LogP contribution in [-0.2, 0) is 6.54 Å². The summed E-state index contributed by atoms with van der Waals surface area (Å²) in [4.78, 5) is 12.5. The van der Waals surface area contributed by atoms with E-state index in [-0.39, 0.29) is 5.69 Å². The van der Waals surface area contributed by atoms with Gasteiger partial charge in [-0.25, -0.2) is 0 Å². The van der Waals surface area contributed by atoms with Gasteiger partial charge in [0, 0.05) is 12.3 Å². The Morgan fingerprint density at radius 2 is 2.04 bits per heavy atom. The monoisotopic (exact) mass is 416 g/mol. The van der Waals surface area contributed by atoms with E-state index < -0.39 is 5.91 Å². The van der Waals surface area contributed by atoms with Crippen LogP contribution in [0.3, 0.4) is 0 Å². The van der Waals surface area contributed by atoms with Gasteiger partial charge in [-0.15, -0.1) is 0 Å². The number of carbonyl (C=O) groups excluding carboxylic acids is 1. The van der Waals surface area contributed by atoms with Crippen LogP contribution in [0.5, 0.6) is 0 Å². The molecule has 1 amide bonds. The van der Waals surface area contributed by atoms with Crippen molar-refractivity contribution in [3.8, 4) is 11.5 Å². The number of aryl methyl sites for hydroxylation is 1. The molecule has 3 heterocycles. The van der Waals surface area contributed by atoms with Gasteiger partial charge in [0.05, 0.1) is 34.2 Å². The van der Waals surface area contributed by atoms with Crippen LogP contribution < -0.4 is 5.32 Å². The number of hydrogen-bond acceptors (Lipinski definition) is 5. The van der Waals surface area contributed by atoms with Crippen LogP contribution in [-0.4, -0.2) is 20.8 Å². The van der Waals surface area contributed by atoms with Crippen molar-refractivity contribution in [3.05, 3.63) is 75.9 Å². The molecule has 0 fully saturated rings. The molecule has 4 aromatic rings. The number of halogens is 2. The molecule has 0 atom stereocenters. The number of nitrogens with one attached hydrogen (secondary N) is 1. The topological polar surface area (TPSA) is 86.1 Å². The lowest BCUT2D eigenvalue weighted by Crippen LogP contribution is -2.12. The van der Waals surface area contributed by atoms with E-state index in [1.54, 1.807) is 42.1 Å². The fraction of sp³-hybridized carbons (Fsp3) is 0.105. The van der Waals surface area contributed by atoms with E-state index in [4.69, 9.17) is 32.1 Å². The van der Waals surface area contributed by atoms with Gasteiger partial charge in [-0.3, -0.25) is 9.48 Å². The van der Waals surface area contributed by atoms with Crippen molar-refractivity contribution >= 4 is 34.8 Å². The third kappa shape index (κ3) is 3.81. The second-order valence-electron chi connectivity index (χ2n) is 6.08. The molecule has 9 heteroatoms. The summed E-state index contributed by atoms with van der Waals surface area (Å²) < 4.78 is 12.1. The maximum atomic E-state index is 12.5. The zero-order chi connectivity index (χ0) is 19.7. The summed E-state index contributed by atoms with van der Waals surface area (Å²) in [5.74, 6) is 0.470. The summed E-state index contributed by atoms with van der Waals surface area (Å²) in [6, 6.07) is 10.4. The Morgan fingerprint density at radius 1 is 1.18 bits per heavy atom. The first-order chi connectivity index (χ1) is 13.5. The van der Waals surface area contributed by atoms with Gasteiger partial charge < -0.3 is 14.3 Å². The second-order valence-corrected chi connectivity index (χ2v) is 6.90. The van der Waals surface area contributed by atoms with Crippen LogP contribution in [0.1, 0.15) is 21.7 Å². The summed E-state index contributed by atoms with van der Waals surface area (Å²) in [5.41, 5.74) is 2.33. The maximum absolute atomic E-state index is 12.5. The molecule has 142 valence electrons. The first kappa shape index (κ1) is 18.3. The molecule has 0 saturated carbocycles. The fourth-order valence-corrected chi connectivity index (χ4v) is 2.97. The number of benzene rings is 1. The quantitative estimate of drug-likeness (QED) is 0.491. The summed E-state index contributed by atoms with van der Waals surface area (Å²) in [7, 11) is 0. The minimum absolute atomic E-state index is 0.142. The van der Waals surface area contributed by atoms with Crippen molar-refractivity contribution in [2.45, 2.75) is 13.5 Å². The SMILES string of the molecule is Cc1nn(Cc2ccc(Cl)c(Cl)c2)cc1NC(=O)c1cc(-c2ccco2)on1. The van der Waals surface area contributed by atoms with Gasteiger partial charge in [0.1, 0.15) is 0 Å². The van der Waals surface area contributed by atoms with Crippen molar-refractivity contribution in [1.29, 1.82) is 0 Å². The molecule has 0 aliphatic rings. The summed E-state index contributed by atoms with van der Waals surface area (Å²) in [6.07, 6.45) is 3.26. The van der Waals surface area contributed by atoms with E-state index >= 15 is 0 Å². The molecule has 1 aromatic carbocycles. The van der Waals surface area contributed by atoms with Crippen molar-refractivity contribution in [3.63, 3.8) is 0 Å². The predicted octanol–water partition coefficient (Wildman–Crippen LogP) is 5.05. The van der Waals surface area contributed by atoms with E-state index in [0.717, 1.165) is 5.56 Å². The average Bonchev–Trinajstić information content (AvgIpc) is 3.40. The number of furan rings is 1. The normalized spacial score (nSPS) is 11.0. The highest BCUT2D eigenvalue weighted by atomic mass is 35.5. The third-order valence-corrected chi connectivity index (χ3v) is 4.77. The Morgan fingerprint density at radius 3 is 2.79 bits per heavy atom. The Bertz CT molecular complexity index is 1130. The lowest BCUT2D eigenvalue weighted by Gasteiger charge is -2.03. The standard InChI is InChI=1S/C19H14Cl2N4O3/c1-11-16(10-25(23-11)9-12-4-5-13(20)14(21)7-12)22-19(26)15-8-18(28-24-15)17-3-2-6-27-17/h2-8,10H,9H2,1H3,(H,22,26). The van der Waals surface area contributed by atoms with Gasteiger partial charge in [-0.05, 0) is 36.8 Å². The number of rotatable bonds is 5. The van der Waals surface area contributed by atoms with E-state index in [1.807, 2.05) is 6.07 Å². The fourth-order valence-electron chi connectivity index (χ4n) is 2.65. The van der Waals surface area contributed by atoms with E-state index in [1.165, 1.54) is 12.3 Å². The van der Waals surface area contributed by atoms with Gasteiger partial charge in [0.2, 0.25) is 5.76 Å². The molecule has 0 unspecified atom stereocenters. The van der Waals surface area contributed by atoms with Crippen molar-refractivity contribution in [1.82, 2.24) is 14.9 Å². The molecule has 0 aliphatic heterocycles. The van der Waals surface area contributed by atoms with Gasteiger partial charge in [0.15, 0.2) is 11.5 Å². The molecule has 0 bridgehead atoms. The zero-order valence-corrected chi connectivity index (χ0v) is 16.2. The molecular formula is C19H14Cl2N4O3.